The first kappa shape index (κ1) is 12.6. The summed E-state index contributed by atoms with van der Waals surface area (Å²) in [5, 5.41) is 0. The van der Waals surface area contributed by atoms with E-state index in [9.17, 15) is 0 Å². The standard InChI is InChI=1S/C15H15BrN2O/c1-10(11-5-3-2-4-6-11)19-14-9-13(16)17-15(18-14)12-7-8-12/h2-6,9-10,12H,7-8H2,1H3. The fourth-order valence-corrected chi connectivity index (χ4v) is 2.35. The SMILES string of the molecule is CC(Oc1cc(Br)nc(C2CC2)n1)c1ccccc1. The molecule has 0 bridgehead atoms. The van der Waals surface area contributed by atoms with Crippen molar-refractivity contribution >= 4 is 15.9 Å². The minimum Gasteiger partial charge on any atom is -0.470 e. The molecular weight excluding hydrogens is 304 g/mol. The molecule has 19 heavy (non-hydrogen) atoms. The zero-order valence-electron chi connectivity index (χ0n) is 10.7. The Labute approximate surface area is 121 Å². The van der Waals surface area contributed by atoms with Gasteiger partial charge in [0.15, 0.2) is 0 Å². The number of nitrogens with zero attached hydrogens (tertiary/aromatic N) is 2. The Bertz CT molecular complexity index is 570. The van der Waals surface area contributed by atoms with E-state index in [1.165, 1.54) is 12.8 Å². The highest BCUT2D eigenvalue weighted by molar-refractivity contribution is 9.10. The summed E-state index contributed by atoms with van der Waals surface area (Å²) in [5.74, 6) is 2.05. The summed E-state index contributed by atoms with van der Waals surface area (Å²) in [6.45, 7) is 2.03. The largest absolute Gasteiger partial charge is 0.470 e. The molecule has 1 aliphatic carbocycles. The monoisotopic (exact) mass is 318 g/mol. The fraction of sp³-hybridized carbons (Fsp3) is 0.333. The maximum Gasteiger partial charge on any atom is 0.218 e. The molecule has 0 saturated heterocycles. The minimum absolute atomic E-state index is 0.0185. The van der Waals surface area contributed by atoms with Gasteiger partial charge in [-0.05, 0) is 41.3 Å². The highest BCUT2D eigenvalue weighted by atomic mass is 79.9. The topological polar surface area (TPSA) is 35.0 Å². The van der Waals surface area contributed by atoms with Gasteiger partial charge in [-0.15, -0.1) is 0 Å². The van der Waals surface area contributed by atoms with Crippen LogP contribution in [0.3, 0.4) is 0 Å². The molecule has 0 N–H and O–H groups in total. The van der Waals surface area contributed by atoms with Crippen LogP contribution in [0.1, 0.15) is 43.2 Å². The molecule has 2 aromatic rings. The third-order valence-electron chi connectivity index (χ3n) is 3.20. The van der Waals surface area contributed by atoms with Crippen LogP contribution in [0.4, 0.5) is 0 Å². The molecule has 1 aliphatic rings. The number of halogens is 1. The van der Waals surface area contributed by atoms with Gasteiger partial charge in [0.25, 0.3) is 0 Å². The molecule has 1 unspecified atom stereocenters. The van der Waals surface area contributed by atoms with Crippen molar-refractivity contribution in [2.45, 2.75) is 31.8 Å². The van der Waals surface area contributed by atoms with Gasteiger partial charge in [-0.25, -0.2) is 4.98 Å². The van der Waals surface area contributed by atoms with E-state index in [0.29, 0.717) is 11.8 Å². The van der Waals surface area contributed by atoms with Crippen LogP contribution in [-0.2, 0) is 0 Å². The first-order valence-electron chi connectivity index (χ1n) is 6.48. The second-order valence-electron chi connectivity index (χ2n) is 4.83. The van der Waals surface area contributed by atoms with E-state index in [2.05, 4.69) is 38.0 Å². The molecule has 1 atom stereocenters. The number of aromatic nitrogens is 2. The Kier molecular flexibility index (Phi) is 3.51. The van der Waals surface area contributed by atoms with Gasteiger partial charge < -0.3 is 4.74 Å². The van der Waals surface area contributed by atoms with Gasteiger partial charge in [0.05, 0.1) is 0 Å². The minimum atomic E-state index is -0.0185. The van der Waals surface area contributed by atoms with E-state index >= 15 is 0 Å². The fourth-order valence-electron chi connectivity index (χ4n) is 1.97. The van der Waals surface area contributed by atoms with Gasteiger partial charge in [-0.2, -0.15) is 4.98 Å². The summed E-state index contributed by atoms with van der Waals surface area (Å²) in [7, 11) is 0. The Hall–Kier alpha value is -1.42. The number of benzene rings is 1. The summed E-state index contributed by atoms with van der Waals surface area (Å²) in [6, 6.07) is 12.0. The highest BCUT2D eigenvalue weighted by Gasteiger charge is 2.27. The predicted molar refractivity (Wildman–Crippen MR) is 77.2 cm³/mol. The van der Waals surface area contributed by atoms with E-state index in [-0.39, 0.29) is 6.10 Å². The lowest BCUT2D eigenvalue weighted by atomic mass is 10.1. The number of rotatable bonds is 4. The van der Waals surface area contributed by atoms with E-state index in [0.717, 1.165) is 16.0 Å². The Balaban J connectivity index is 1.79. The van der Waals surface area contributed by atoms with Crippen LogP contribution >= 0.6 is 15.9 Å². The van der Waals surface area contributed by atoms with E-state index in [1.807, 2.05) is 31.2 Å². The van der Waals surface area contributed by atoms with Crippen molar-refractivity contribution in [2.75, 3.05) is 0 Å². The number of ether oxygens (including phenoxy) is 1. The van der Waals surface area contributed by atoms with Crippen LogP contribution in [0.25, 0.3) is 0 Å². The van der Waals surface area contributed by atoms with Crippen LogP contribution in [0.5, 0.6) is 5.88 Å². The molecule has 1 aromatic carbocycles. The zero-order valence-corrected chi connectivity index (χ0v) is 12.3. The Morgan fingerprint density at radius 1 is 1.21 bits per heavy atom. The van der Waals surface area contributed by atoms with E-state index in [4.69, 9.17) is 4.74 Å². The molecule has 1 fully saturated rings. The molecule has 1 saturated carbocycles. The van der Waals surface area contributed by atoms with Crippen molar-refractivity contribution in [2.24, 2.45) is 0 Å². The van der Waals surface area contributed by atoms with Crippen molar-refractivity contribution in [1.82, 2.24) is 9.97 Å². The van der Waals surface area contributed by atoms with Gasteiger partial charge in [-0.3, -0.25) is 0 Å². The molecule has 4 heteroatoms. The lowest BCUT2D eigenvalue weighted by molar-refractivity contribution is 0.216. The van der Waals surface area contributed by atoms with Gasteiger partial charge in [-0.1, -0.05) is 30.3 Å². The molecule has 0 spiro atoms. The van der Waals surface area contributed by atoms with Crippen molar-refractivity contribution in [3.8, 4) is 5.88 Å². The van der Waals surface area contributed by atoms with Gasteiger partial charge in [0.1, 0.15) is 16.5 Å². The second-order valence-corrected chi connectivity index (χ2v) is 5.64. The van der Waals surface area contributed by atoms with E-state index < -0.39 is 0 Å². The summed E-state index contributed by atoms with van der Waals surface area (Å²) in [4.78, 5) is 8.90. The lowest BCUT2D eigenvalue weighted by Gasteiger charge is -2.14. The molecule has 1 aromatic heterocycles. The smallest absolute Gasteiger partial charge is 0.218 e. The summed E-state index contributed by atoms with van der Waals surface area (Å²) in [5.41, 5.74) is 1.14. The maximum absolute atomic E-state index is 5.92. The van der Waals surface area contributed by atoms with Crippen LogP contribution in [0, 0.1) is 0 Å². The third-order valence-corrected chi connectivity index (χ3v) is 3.60. The van der Waals surface area contributed by atoms with Crippen LogP contribution < -0.4 is 4.74 Å². The summed E-state index contributed by atoms with van der Waals surface area (Å²) in [6.07, 6.45) is 2.35. The first-order chi connectivity index (χ1) is 9.22. The summed E-state index contributed by atoms with van der Waals surface area (Å²) < 4.78 is 6.71. The number of hydrogen-bond acceptors (Lipinski definition) is 3. The van der Waals surface area contributed by atoms with Crippen LogP contribution in [0.15, 0.2) is 41.0 Å². The third kappa shape index (κ3) is 3.13. The molecule has 3 rings (SSSR count). The van der Waals surface area contributed by atoms with Crippen molar-refractivity contribution in [3.05, 3.63) is 52.4 Å². The van der Waals surface area contributed by atoms with Crippen molar-refractivity contribution in [1.29, 1.82) is 0 Å². The van der Waals surface area contributed by atoms with Crippen molar-refractivity contribution in [3.63, 3.8) is 0 Å². The second kappa shape index (κ2) is 5.29. The molecule has 0 aliphatic heterocycles. The van der Waals surface area contributed by atoms with Gasteiger partial charge in [0.2, 0.25) is 5.88 Å². The maximum atomic E-state index is 5.92. The predicted octanol–water partition coefficient (Wildman–Crippen LogP) is 4.26. The lowest BCUT2D eigenvalue weighted by Crippen LogP contribution is -2.06. The average Bonchev–Trinajstić information content (AvgIpc) is 3.23. The average molecular weight is 319 g/mol. The first-order valence-corrected chi connectivity index (χ1v) is 7.28. The number of hydrogen-bond donors (Lipinski definition) is 0. The Morgan fingerprint density at radius 3 is 2.63 bits per heavy atom. The van der Waals surface area contributed by atoms with Crippen molar-refractivity contribution < 1.29 is 4.74 Å². The quantitative estimate of drug-likeness (QED) is 0.790. The molecular formula is C15H15BrN2O. The van der Waals surface area contributed by atoms with Gasteiger partial charge >= 0.3 is 0 Å². The molecule has 0 amide bonds. The van der Waals surface area contributed by atoms with Crippen LogP contribution in [0.2, 0.25) is 0 Å². The molecule has 1 heterocycles. The molecule has 0 radical (unpaired) electrons. The zero-order chi connectivity index (χ0) is 13.2. The van der Waals surface area contributed by atoms with Gasteiger partial charge in [0, 0.05) is 12.0 Å². The summed E-state index contributed by atoms with van der Waals surface area (Å²) >= 11 is 3.42. The Morgan fingerprint density at radius 2 is 1.95 bits per heavy atom. The highest BCUT2D eigenvalue weighted by Crippen LogP contribution is 2.39. The molecule has 98 valence electrons. The normalized spacial score (nSPS) is 16.1. The van der Waals surface area contributed by atoms with Crippen LogP contribution in [-0.4, -0.2) is 9.97 Å². The van der Waals surface area contributed by atoms with E-state index in [1.54, 1.807) is 0 Å². The molecule has 3 nitrogen and oxygen atoms in total.